The molecule has 0 bridgehead atoms. The molecule has 116 valence electrons. The van der Waals surface area contributed by atoms with Crippen LogP contribution in [0.2, 0.25) is 0 Å². The number of aromatic nitrogens is 1. The van der Waals surface area contributed by atoms with Gasteiger partial charge in [-0.3, -0.25) is 4.79 Å². The van der Waals surface area contributed by atoms with E-state index < -0.39 is 0 Å². The average molecular weight is 319 g/mol. The van der Waals surface area contributed by atoms with Crippen molar-refractivity contribution >= 4 is 28.1 Å². The maximum absolute atomic E-state index is 13.6. The summed E-state index contributed by atoms with van der Waals surface area (Å²) in [5.41, 5.74) is 0.793. The number of hydrogen-bond donors (Lipinski definition) is 1. The molecular weight excluding hydrogens is 301 g/mol. The Morgan fingerprint density at radius 3 is 2.82 bits per heavy atom. The molecule has 0 saturated carbocycles. The van der Waals surface area contributed by atoms with Crippen LogP contribution in [0.4, 0.5) is 15.2 Å². The van der Waals surface area contributed by atoms with E-state index >= 15 is 0 Å². The minimum atomic E-state index is -0.337. The number of amides is 1. The normalized spacial score (nSPS) is 15.8. The van der Waals surface area contributed by atoms with Crippen molar-refractivity contribution in [2.45, 2.75) is 19.8 Å². The van der Waals surface area contributed by atoms with Crippen LogP contribution in [0, 0.1) is 11.7 Å². The van der Waals surface area contributed by atoms with E-state index in [9.17, 15) is 9.18 Å². The lowest BCUT2D eigenvalue weighted by Gasteiger charge is -2.29. The molecule has 1 saturated heterocycles. The number of para-hydroxylation sites is 1. The van der Waals surface area contributed by atoms with Gasteiger partial charge in [0.2, 0.25) is 0 Å². The first kappa shape index (κ1) is 15.0. The minimum Gasteiger partial charge on any atom is -0.337 e. The SMILES string of the molecule is CC1CCN(C(=O)c2csc(Nc3ccccc3F)n2)CC1. The molecule has 6 heteroatoms. The summed E-state index contributed by atoms with van der Waals surface area (Å²) in [5, 5.41) is 5.17. The molecule has 22 heavy (non-hydrogen) atoms. The van der Waals surface area contributed by atoms with Crippen LogP contribution in [0.25, 0.3) is 0 Å². The molecule has 4 nitrogen and oxygen atoms in total. The molecule has 0 radical (unpaired) electrons. The van der Waals surface area contributed by atoms with E-state index in [1.165, 1.54) is 17.4 Å². The highest BCUT2D eigenvalue weighted by Gasteiger charge is 2.23. The highest BCUT2D eigenvalue weighted by Crippen LogP contribution is 2.24. The lowest BCUT2D eigenvalue weighted by Crippen LogP contribution is -2.38. The van der Waals surface area contributed by atoms with Gasteiger partial charge in [0.15, 0.2) is 5.13 Å². The van der Waals surface area contributed by atoms with Gasteiger partial charge in [-0.05, 0) is 30.9 Å². The Balaban J connectivity index is 1.68. The number of rotatable bonds is 3. The second kappa shape index (κ2) is 6.44. The minimum absolute atomic E-state index is 0.0373. The zero-order valence-corrected chi connectivity index (χ0v) is 13.2. The van der Waals surface area contributed by atoms with Gasteiger partial charge in [-0.15, -0.1) is 11.3 Å². The number of thiazole rings is 1. The summed E-state index contributed by atoms with van der Waals surface area (Å²) < 4.78 is 13.6. The van der Waals surface area contributed by atoms with Crippen molar-refractivity contribution in [3.63, 3.8) is 0 Å². The smallest absolute Gasteiger partial charge is 0.273 e. The van der Waals surface area contributed by atoms with Crippen molar-refractivity contribution in [2.75, 3.05) is 18.4 Å². The Kier molecular flexibility index (Phi) is 4.38. The Morgan fingerprint density at radius 2 is 2.09 bits per heavy atom. The van der Waals surface area contributed by atoms with Gasteiger partial charge in [-0.1, -0.05) is 19.1 Å². The maximum Gasteiger partial charge on any atom is 0.273 e. The highest BCUT2D eigenvalue weighted by molar-refractivity contribution is 7.14. The van der Waals surface area contributed by atoms with Gasteiger partial charge in [0, 0.05) is 18.5 Å². The van der Waals surface area contributed by atoms with Gasteiger partial charge in [0.05, 0.1) is 5.69 Å². The monoisotopic (exact) mass is 319 g/mol. The summed E-state index contributed by atoms with van der Waals surface area (Å²) >= 11 is 1.31. The first-order valence-electron chi connectivity index (χ1n) is 7.40. The van der Waals surface area contributed by atoms with E-state index in [0.717, 1.165) is 25.9 Å². The van der Waals surface area contributed by atoms with Crippen LogP contribution in [-0.2, 0) is 0 Å². The highest BCUT2D eigenvalue weighted by atomic mass is 32.1. The Labute approximate surface area is 133 Å². The van der Waals surface area contributed by atoms with E-state index in [1.807, 2.05) is 4.90 Å². The molecule has 1 aromatic heterocycles. The predicted octanol–water partition coefficient (Wildman–Crippen LogP) is 3.90. The molecule has 1 N–H and O–H groups in total. The summed E-state index contributed by atoms with van der Waals surface area (Å²) in [6.07, 6.45) is 2.08. The Bertz CT molecular complexity index is 665. The molecule has 0 spiro atoms. The zero-order valence-electron chi connectivity index (χ0n) is 12.4. The van der Waals surface area contributed by atoms with E-state index in [0.29, 0.717) is 22.4 Å². The van der Waals surface area contributed by atoms with E-state index in [4.69, 9.17) is 0 Å². The lowest BCUT2D eigenvalue weighted by molar-refractivity contribution is 0.0692. The molecule has 1 fully saturated rings. The van der Waals surface area contributed by atoms with Crippen LogP contribution in [0.15, 0.2) is 29.6 Å². The second-order valence-corrected chi connectivity index (χ2v) is 6.48. The van der Waals surface area contributed by atoms with Crippen LogP contribution >= 0.6 is 11.3 Å². The second-order valence-electron chi connectivity index (χ2n) is 5.62. The number of piperidine rings is 1. The van der Waals surface area contributed by atoms with Crippen molar-refractivity contribution in [1.82, 2.24) is 9.88 Å². The predicted molar refractivity (Wildman–Crippen MR) is 86.1 cm³/mol. The standard InChI is InChI=1S/C16H18FN3OS/c1-11-6-8-20(9-7-11)15(21)14-10-22-16(19-14)18-13-5-3-2-4-12(13)17/h2-5,10-11H,6-9H2,1H3,(H,18,19). The number of carbonyl (C=O) groups is 1. The quantitative estimate of drug-likeness (QED) is 0.933. The van der Waals surface area contributed by atoms with Crippen LogP contribution in [-0.4, -0.2) is 28.9 Å². The van der Waals surface area contributed by atoms with Gasteiger partial charge >= 0.3 is 0 Å². The van der Waals surface area contributed by atoms with Crippen molar-refractivity contribution < 1.29 is 9.18 Å². The lowest BCUT2D eigenvalue weighted by atomic mass is 9.99. The molecule has 3 rings (SSSR count). The fraction of sp³-hybridized carbons (Fsp3) is 0.375. The molecule has 2 heterocycles. The fourth-order valence-electron chi connectivity index (χ4n) is 2.48. The molecule has 2 aromatic rings. The molecule has 1 aromatic carbocycles. The van der Waals surface area contributed by atoms with Gasteiger partial charge in [0.1, 0.15) is 11.5 Å². The third kappa shape index (κ3) is 3.27. The topological polar surface area (TPSA) is 45.2 Å². The summed E-state index contributed by atoms with van der Waals surface area (Å²) in [4.78, 5) is 18.5. The fourth-order valence-corrected chi connectivity index (χ4v) is 3.18. The van der Waals surface area contributed by atoms with Crippen LogP contribution in [0.1, 0.15) is 30.3 Å². The number of benzene rings is 1. The molecular formula is C16H18FN3OS. The van der Waals surface area contributed by atoms with E-state index in [-0.39, 0.29) is 11.7 Å². The van der Waals surface area contributed by atoms with Crippen molar-refractivity contribution in [3.05, 3.63) is 41.2 Å². The summed E-state index contributed by atoms with van der Waals surface area (Å²) in [7, 11) is 0. The number of nitrogens with zero attached hydrogens (tertiary/aromatic N) is 2. The van der Waals surface area contributed by atoms with Gasteiger partial charge in [0.25, 0.3) is 5.91 Å². The molecule has 0 atom stereocenters. The number of halogens is 1. The zero-order chi connectivity index (χ0) is 15.5. The number of carbonyl (C=O) groups excluding carboxylic acids is 1. The molecule has 1 amide bonds. The van der Waals surface area contributed by atoms with Crippen molar-refractivity contribution in [1.29, 1.82) is 0 Å². The van der Waals surface area contributed by atoms with E-state index in [1.54, 1.807) is 23.6 Å². The van der Waals surface area contributed by atoms with Crippen LogP contribution in [0.3, 0.4) is 0 Å². The van der Waals surface area contributed by atoms with Gasteiger partial charge < -0.3 is 10.2 Å². The van der Waals surface area contributed by atoms with Crippen LogP contribution < -0.4 is 5.32 Å². The molecule has 0 aliphatic carbocycles. The first-order valence-corrected chi connectivity index (χ1v) is 8.28. The number of anilines is 2. The number of hydrogen-bond acceptors (Lipinski definition) is 4. The van der Waals surface area contributed by atoms with E-state index in [2.05, 4.69) is 17.2 Å². The van der Waals surface area contributed by atoms with Gasteiger partial charge in [-0.25, -0.2) is 9.37 Å². The van der Waals surface area contributed by atoms with Crippen molar-refractivity contribution in [3.8, 4) is 0 Å². The molecule has 1 aliphatic rings. The Hall–Kier alpha value is -1.95. The van der Waals surface area contributed by atoms with Crippen molar-refractivity contribution in [2.24, 2.45) is 5.92 Å². The Morgan fingerprint density at radius 1 is 1.36 bits per heavy atom. The number of likely N-dealkylation sites (tertiary alicyclic amines) is 1. The largest absolute Gasteiger partial charge is 0.337 e. The van der Waals surface area contributed by atoms with Gasteiger partial charge in [-0.2, -0.15) is 0 Å². The first-order chi connectivity index (χ1) is 10.6. The number of nitrogens with one attached hydrogen (secondary N) is 1. The average Bonchev–Trinajstić information content (AvgIpc) is 2.98. The maximum atomic E-state index is 13.6. The summed E-state index contributed by atoms with van der Waals surface area (Å²) in [5.74, 6) is 0.304. The summed E-state index contributed by atoms with van der Waals surface area (Å²) in [6, 6.07) is 6.41. The van der Waals surface area contributed by atoms with Crippen LogP contribution in [0.5, 0.6) is 0 Å². The third-order valence-electron chi connectivity index (χ3n) is 3.91. The summed E-state index contributed by atoms with van der Waals surface area (Å²) in [6.45, 7) is 3.78. The molecule has 0 unspecified atom stereocenters. The third-order valence-corrected chi connectivity index (χ3v) is 4.67. The molecule has 1 aliphatic heterocycles.